The Morgan fingerprint density at radius 2 is 1.84 bits per heavy atom. The Bertz CT molecular complexity index is 734. The fourth-order valence-corrected chi connectivity index (χ4v) is 2.56. The lowest BCUT2D eigenvalue weighted by Gasteiger charge is -2.17. The molecule has 5 amide bonds. The van der Waals surface area contributed by atoms with E-state index in [-0.39, 0.29) is 12.5 Å². The van der Waals surface area contributed by atoms with Gasteiger partial charge in [-0.3, -0.25) is 19.3 Å². The Hall–Kier alpha value is -2.61. The number of hydrogen-bond donors (Lipinski definition) is 1. The number of carbonyl (C=O) groups is 4. The van der Waals surface area contributed by atoms with Crippen LogP contribution in [-0.4, -0.2) is 53.8 Å². The van der Waals surface area contributed by atoms with Gasteiger partial charge in [-0.15, -0.1) is 0 Å². The van der Waals surface area contributed by atoms with Crippen LogP contribution < -0.4 is 10.1 Å². The lowest BCUT2D eigenvalue weighted by atomic mass is 10.2. The molecule has 1 fully saturated rings. The Labute approximate surface area is 149 Å². The molecule has 1 aliphatic heterocycles. The van der Waals surface area contributed by atoms with Crippen molar-refractivity contribution in [2.24, 2.45) is 5.92 Å². The number of halogens is 1. The molecule has 0 aliphatic carbocycles. The molecule has 1 saturated heterocycles. The lowest BCUT2D eigenvalue weighted by molar-refractivity contribution is -0.143. The predicted octanol–water partition coefficient (Wildman–Crippen LogP) is 1.73. The number of ether oxygens (including phenoxy) is 1. The van der Waals surface area contributed by atoms with Crippen LogP contribution in [0.5, 0.6) is 5.75 Å². The molecule has 0 unspecified atom stereocenters. The van der Waals surface area contributed by atoms with Crippen LogP contribution >= 0.6 is 11.6 Å². The van der Waals surface area contributed by atoms with Gasteiger partial charge in [0.05, 0.1) is 12.1 Å². The summed E-state index contributed by atoms with van der Waals surface area (Å²) in [6.07, 6.45) is 0. The average Bonchev–Trinajstić information content (AvgIpc) is 2.72. The third kappa shape index (κ3) is 4.08. The number of nitrogens with zero attached hydrogens (tertiary/aromatic N) is 2. The zero-order valence-electron chi connectivity index (χ0n) is 14.0. The van der Waals surface area contributed by atoms with Crippen LogP contribution in [0.15, 0.2) is 18.2 Å². The summed E-state index contributed by atoms with van der Waals surface area (Å²) in [7, 11) is 1.46. The number of imide groups is 2. The van der Waals surface area contributed by atoms with E-state index in [0.717, 1.165) is 4.90 Å². The van der Waals surface area contributed by atoms with E-state index in [1.54, 1.807) is 12.1 Å². The first-order chi connectivity index (χ1) is 11.7. The summed E-state index contributed by atoms with van der Waals surface area (Å²) in [4.78, 5) is 49.6. The molecule has 134 valence electrons. The van der Waals surface area contributed by atoms with Gasteiger partial charge < -0.3 is 10.1 Å². The van der Waals surface area contributed by atoms with Gasteiger partial charge in [0.15, 0.2) is 0 Å². The van der Waals surface area contributed by atoms with Gasteiger partial charge in [-0.25, -0.2) is 9.69 Å². The molecular weight excluding hydrogens is 350 g/mol. The Morgan fingerprint density at radius 3 is 2.40 bits per heavy atom. The highest BCUT2D eigenvalue weighted by Crippen LogP contribution is 2.27. The summed E-state index contributed by atoms with van der Waals surface area (Å²) in [6.45, 7) is 3.19. The van der Waals surface area contributed by atoms with Crippen LogP contribution in [0, 0.1) is 5.92 Å². The SMILES string of the molecule is COc1ccc(NC(=O)CN2C(=O)C(=O)N(CC(C)C)C2=O)cc1Cl. The summed E-state index contributed by atoms with van der Waals surface area (Å²) < 4.78 is 5.01. The molecule has 25 heavy (non-hydrogen) atoms. The van der Waals surface area contributed by atoms with E-state index in [1.807, 2.05) is 13.8 Å². The fraction of sp³-hybridized carbons (Fsp3) is 0.375. The van der Waals surface area contributed by atoms with Crippen LogP contribution in [0.3, 0.4) is 0 Å². The first-order valence-electron chi connectivity index (χ1n) is 7.55. The average molecular weight is 368 g/mol. The highest BCUT2D eigenvalue weighted by atomic mass is 35.5. The predicted molar refractivity (Wildman–Crippen MR) is 90.3 cm³/mol. The summed E-state index contributed by atoms with van der Waals surface area (Å²) in [5, 5.41) is 2.82. The number of carbonyl (C=O) groups excluding carboxylic acids is 4. The maximum Gasteiger partial charge on any atom is 0.334 e. The number of amides is 5. The lowest BCUT2D eigenvalue weighted by Crippen LogP contribution is -2.39. The molecule has 8 nitrogen and oxygen atoms in total. The van der Waals surface area contributed by atoms with E-state index in [1.165, 1.54) is 13.2 Å². The Balaban J connectivity index is 2.05. The molecule has 1 heterocycles. The topological polar surface area (TPSA) is 96.0 Å². The van der Waals surface area contributed by atoms with Crippen LogP contribution in [-0.2, 0) is 14.4 Å². The molecule has 0 saturated carbocycles. The first kappa shape index (κ1) is 18.7. The zero-order valence-corrected chi connectivity index (χ0v) is 14.8. The van der Waals surface area contributed by atoms with Gasteiger partial charge in [0, 0.05) is 12.2 Å². The van der Waals surface area contributed by atoms with Crippen molar-refractivity contribution < 1.29 is 23.9 Å². The monoisotopic (exact) mass is 367 g/mol. The van der Waals surface area contributed by atoms with Crippen molar-refractivity contribution in [1.82, 2.24) is 9.80 Å². The van der Waals surface area contributed by atoms with Gasteiger partial charge in [0.2, 0.25) is 5.91 Å². The van der Waals surface area contributed by atoms with Gasteiger partial charge >= 0.3 is 17.8 Å². The standard InChI is InChI=1S/C16H18ClN3O5/c1-9(2)7-19-14(22)15(23)20(16(19)24)8-13(21)18-10-4-5-12(25-3)11(17)6-10/h4-6,9H,7-8H2,1-3H3,(H,18,21). The number of urea groups is 1. The molecule has 9 heteroatoms. The van der Waals surface area contributed by atoms with Gasteiger partial charge in [-0.2, -0.15) is 0 Å². The number of anilines is 1. The molecule has 1 aromatic rings. The van der Waals surface area contributed by atoms with Crippen LogP contribution in [0.1, 0.15) is 13.8 Å². The van der Waals surface area contributed by atoms with E-state index in [0.29, 0.717) is 21.4 Å². The highest BCUT2D eigenvalue weighted by molar-refractivity contribution is 6.45. The molecule has 0 aromatic heterocycles. The second-order valence-electron chi connectivity index (χ2n) is 5.88. The van der Waals surface area contributed by atoms with Crippen LogP contribution in [0.2, 0.25) is 5.02 Å². The highest BCUT2D eigenvalue weighted by Gasteiger charge is 2.45. The molecule has 0 spiro atoms. The molecule has 0 radical (unpaired) electrons. The minimum absolute atomic E-state index is 0.0101. The minimum Gasteiger partial charge on any atom is -0.495 e. The van der Waals surface area contributed by atoms with Gasteiger partial charge in [0.1, 0.15) is 12.3 Å². The van der Waals surface area contributed by atoms with E-state index in [9.17, 15) is 19.2 Å². The third-order valence-electron chi connectivity index (χ3n) is 3.42. The summed E-state index contributed by atoms with van der Waals surface area (Å²) in [6, 6.07) is 3.82. The number of rotatable bonds is 6. The third-order valence-corrected chi connectivity index (χ3v) is 3.72. The second kappa shape index (κ2) is 7.52. The zero-order chi connectivity index (χ0) is 18.7. The molecular formula is C16H18ClN3O5. The van der Waals surface area contributed by atoms with Crippen molar-refractivity contribution in [2.45, 2.75) is 13.8 Å². The fourth-order valence-electron chi connectivity index (χ4n) is 2.30. The van der Waals surface area contributed by atoms with E-state index in [2.05, 4.69) is 5.32 Å². The van der Waals surface area contributed by atoms with Crippen LogP contribution in [0.4, 0.5) is 10.5 Å². The number of methoxy groups -OCH3 is 1. The second-order valence-corrected chi connectivity index (χ2v) is 6.29. The maximum absolute atomic E-state index is 12.2. The molecule has 1 aliphatic rings. The van der Waals surface area contributed by atoms with Crippen molar-refractivity contribution >= 4 is 41.0 Å². The van der Waals surface area contributed by atoms with E-state index >= 15 is 0 Å². The molecule has 0 bridgehead atoms. The van der Waals surface area contributed by atoms with Crippen molar-refractivity contribution in [3.8, 4) is 5.75 Å². The van der Waals surface area contributed by atoms with Gasteiger partial charge in [-0.05, 0) is 24.1 Å². The molecule has 1 aromatic carbocycles. The largest absolute Gasteiger partial charge is 0.495 e. The van der Waals surface area contributed by atoms with Crippen LogP contribution in [0.25, 0.3) is 0 Å². The number of hydrogen-bond acceptors (Lipinski definition) is 5. The Kier molecular flexibility index (Phi) is 5.63. The number of benzene rings is 1. The number of nitrogens with one attached hydrogen (secondary N) is 1. The van der Waals surface area contributed by atoms with E-state index in [4.69, 9.17) is 16.3 Å². The Morgan fingerprint density at radius 1 is 1.20 bits per heavy atom. The van der Waals surface area contributed by atoms with Gasteiger partial charge in [-0.1, -0.05) is 25.4 Å². The minimum atomic E-state index is -1.01. The normalized spacial score (nSPS) is 14.5. The smallest absolute Gasteiger partial charge is 0.334 e. The maximum atomic E-state index is 12.2. The van der Waals surface area contributed by atoms with Crippen molar-refractivity contribution in [3.05, 3.63) is 23.2 Å². The summed E-state index contributed by atoms with van der Waals surface area (Å²) in [5.41, 5.74) is 0.375. The summed E-state index contributed by atoms with van der Waals surface area (Å²) >= 11 is 5.97. The van der Waals surface area contributed by atoms with Gasteiger partial charge in [0.25, 0.3) is 0 Å². The van der Waals surface area contributed by atoms with Crippen molar-refractivity contribution in [1.29, 1.82) is 0 Å². The molecule has 1 N–H and O–H groups in total. The van der Waals surface area contributed by atoms with E-state index < -0.39 is 30.3 Å². The van der Waals surface area contributed by atoms with Crippen molar-refractivity contribution in [3.63, 3.8) is 0 Å². The summed E-state index contributed by atoms with van der Waals surface area (Å²) in [5.74, 6) is -2.09. The molecule has 0 atom stereocenters. The first-order valence-corrected chi connectivity index (χ1v) is 7.93. The van der Waals surface area contributed by atoms with Crippen molar-refractivity contribution in [2.75, 3.05) is 25.5 Å². The quantitative estimate of drug-likeness (QED) is 0.610. The molecule has 2 rings (SSSR count).